The summed E-state index contributed by atoms with van der Waals surface area (Å²) >= 11 is 6.02. The first kappa shape index (κ1) is 11.7. The number of rotatable bonds is 3. The van der Waals surface area contributed by atoms with Gasteiger partial charge < -0.3 is 5.32 Å². The number of carbonyl (C=O) groups excluding carboxylic acids is 1. The molecule has 4 nitrogen and oxygen atoms in total. The zero-order valence-corrected chi connectivity index (χ0v) is 10.1. The Morgan fingerprint density at radius 2 is 2.35 bits per heavy atom. The van der Waals surface area contributed by atoms with E-state index in [0.717, 1.165) is 5.56 Å². The summed E-state index contributed by atoms with van der Waals surface area (Å²) in [6, 6.07) is 7.27. The molecule has 1 N–H and O–H groups in total. The van der Waals surface area contributed by atoms with E-state index in [1.165, 1.54) is 0 Å². The highest BCUT2D eigenvalue weighted by atomic mass is 35.5. The van der Waals surface area contributed by atoms with E-state index in [9.17, 15) is 4.79 Å². The Labute approximate surface area is 104 Å². The van der Waals surface area contributed by atoms with Gasteiger partial charge in [0.25, 0.3) is 0 Å². The highest BCUT2D eigenvalue weighted by molar-refractivity contribution is 6.33. The number of benzene rings is 1. The van der Waals surface area contributed by atoms with Crippen LogP contribution in [0.4, 0.5) is 5.69 Å². The molecule has 0 radical (unpaired) electrons. The molecule has 5 heteroatoms. The standard InChI is InChI=1S/C12H12ClN3O/c1-9-3-4-11(10(13)7-9)15-12(17)8-16-6-2-5-14-16/h2-7H,8H2,1H3,(H,15,17). The second-order valence-electron chi connectivity index (χ2n) is 3.74. The summed E-state index contributed by atoms with van der Waals surface area (Å²) in [6.07, 6.45) is 3.36. The summed E-state index contributed by atoms with van der Waals surface area (Å²) in [7, 11) is 0. The van der Waals surface area contributed by atoms with E-state index in [2.05, 4.69) is 10.4 Å². The van der Waals surface area contributed by atoms with Crippen LogP contribution in [0.25, 0.3) is 0 Å². The third kappa shape index (κ3) is 3.07. The Morgan fingerprint density at radius 3 is 3.00 bits per heavy atom. The van der Waals surface area contributed by atoms with Gasteiger partial charge in [-0.1, -0.05) is 17.7 Å². The summed E-state index contributed by atoms with van der Waals surface area (Å²) in [5, 5.41) is 7.24. The maximum absolute atomic E-state index is 11.7. The molecule has 0 spiro atoms. The van der Waals surface area contributed by atoms with Gasteiger partial charge in [0.15, 0.2) is 0 Å². The van der Waals surface area contributed by atoms with E-state index in [4.69, 9.17) is 11.6 Å². The SMILES string of the molecule is Cc1ccc(NC(=O)Cn2cccn2)c(Cl)c1. The zero-order valence-electron chi connectivity index (χ0n) is 9.35. The van der Waals surface area contributed by atoms with Gasteiger partial charge in [0.1, 0.15) is 6.54 Å². The van der Waals surface area contributed by atoms with Crippen molar-refractivity contribution in [2.24, 2.45) is 0 Å². The Kier molecular flexibility index (Phi) is 3.44. The van der Waals surface area contributed by atoms with E-state index < -0.39 is 0 Å². The van der Waals surface area contributed by atoms with Crippen LogP contribution >= 0.6 is 11.6 Å². The quantitative estimate of drug-likeness (QED) is 0.909. The number of carbonyl (C=O) groups is 1. The van der Waals surface area contributed by atoms with Crippen molar-refractivity contribution in [2.45, 2.75) is 13.5 Å². The molecule has 0 aliphatic rings. The molecular weight excluding hydrogens is 238 g/mol. The summed E-state index contributed by atoms with van der Waals surface area (Å²) in [5.74, 6) is -0.153. The van der Waals surface area contributed by atoms with Gasteiger partial charge in [0.05, 0.1) is 10.7 Å². The molecule has 0 bridgehead atoms. The Bertz CT molecular complexity index is 523. The van der Waals surface area contributed by atoms with Crippen molar-refractivity contribution in [3.8, 4) is 0 Å². The number of hydrogen-bond acceptors (Lipinski definition) is 2. The zero-order chi connectivity index (χ0) is 12.3. The number of aryl methyl sites for hydroxylation is 1. The van der Waals surface area contributed by atoms with Gasteiger partial charge >= 0.3 is 0 Å². The average molecular weight is 250 g/mol. The lowest BCUT2D eigenvalue weighted by atomic mass is 10.2. The Balaban J connectivity index is 2.03. The minimum atomic E-state index is -0.153. The van der Waals surface area contributed by atoms with Gasteiger partial charge in [-0.15, -0.1) is 0 Å². The summed E-state index contributed by atoms with van der Waals surface area (Å²) in [5.41, 5.74) is 1.68. The molecular formula is C12H12ClN3O. The third-order valence-corrected chi connectivity index (χ3v) is 2.58. The second-order valence-corrected chi connectivity index (χ2v) is 4.14. The Morgan fingerprint density at radius 1 is 1.53 bits per heavy atom. The predicted octanol–water partition coefficient (Wildman–Crippen LogP) is 2.48. The van der Waals surface area contributed by atoms with Crippen molar-refractivity contribution in [3.63, 3.8) is 0 Å². The van der Waals surface area contributed by atoms with E-state index in [0.29, 0.717) is 10.7 Å². The van der Waals surface area contributed by atoms with Crippen molar-refractivity contribution < 1.29 is 4.79 Å². The lowest BCUT2D eigenvalue weighted by Gasteiger charge is -2.07. The summed E-state index contributed by atoms with van der Waals surface area (Å²) < 4.78 is 1.55. The first-order valence-corrected chi connectivity index (χ1v) is 5.56. The maximum atomic E-state index is 11.7. The lowest BCUT2D eigenvalue weighted by molar-refractivity contribution is -0.116. The van der Waals surface area contributed by atoms with E-state index in [-0.39, 0.29) is 12.5 Å². The molecule has 1 amide bonds. The molecule has 17 heavy (non-hydrogen) atoms. The lowest BCUT2D eigenvalue weighted by Crippen LogP contribution is -2.19. The van der Waals surface area contributed by atoms with Crippen molar-refractivity contribution in [1.29, 1.82) is 0 Å². The smallest absolute Gasteiger partial charge is 0.246 e. The van der Waals surface area contributed by atoms with Crippen LogP contribution in [0.3, 0.4) is 0 Å². The molecule has 2 rings (SSSR count). The van der Waals surface area contributed by atoms with Gasteiger partial charge in [-0.25, -0.2) is 0 Å². The van der Waals surface area contributed by atoms with Crippen molar-refractivity contribution in [2.75, 3.05) is 5.32 Å². The van der Waals surface area contributed by atoms with Crippen LogP contribution in [-0.2, 0) is 11.3 Å². The number of halogens is 1. The molecule has 2 aromatic rings. The van der Waals surface area contributed by atoms with Gasteiger partial charge in [0, 0.05) is 12.4 Å². The van der Waals surface area contributed by atoms with E-state index in [1.807, 2.05) is 19.1 Å². The largest absolute Gasteiger partial charge is 0.323 e. The Hall–Kier alpha value is -1.81. The third-order valence-electron chi connectivity index (χ3n) is 2.26. The van der Waals surface area contributed by atoms with Crippen LogP contribution < -0.4 is 5.32 Å². The molecule has 0 atom stereocenters. The van der Waals surface area contributed by atoms with Crippen LogP contribution in [0.2, 0.25) is 5.02 Å². The maximum Gasteiger partial charge on any atom is 0.246 e. The molecule has 1 heterocycles. The van der Waals surface area contributed by atoms with E-state index in [1.54, 1.807) is 29.2 Å². The topological polar surface area (TPSA) is 46.9 Å². The van der Waals surface area contributed by atoms with Crippen LogP contribution in [0.1, 0.15) is 5.56 Å². The molecule has 1 aromatic carbocycles. The first-order valence-electron chi connectivity index (χ1n) is 5.18. The average Bonchev–Trinajstić information content (AvgIpc) is 2.75. The van der Waals surface area contributed by atoms with Gasteiger partial charge in [-0.3, -0.25) is 9.48 Å². The normalized spacial score (nSPS) is 10.2. The molecule has 0 fully saturated rings. The van der Waals surface area contributed by atoms with Gasteiger partial charge in [-0.2, -0.15) is 5.10 Å². The molecule has 0 aliphatic carbocycles. The fourth-order valence-corrected chi connectivity index (χ4v) is 1.73. The van der Waals surface area contributed by atoms with Crippen LogP contribution in [-0.4, -0.2) is 15.7 Å². The predicted molar refractivity (Wildman–Crippen MR) is 67.0 cm³/mol. The summed E-state index contributed by atoms with van der Waals surface area (Å²) in [6.45, 7) is 2.12. The second kappa shape index (κ2) is 5.01. The fraction of sp³-hybridized carbons (Fsp3) is 0.167. The van der Waals surface area contributed by atoms with Gasteiger partial charge in [0.2, 0.25) is 5.91 Å². The number of amides is 1. The van der Waals surface area contributed by atoms with Gasteiger partial charge in [-0.05, 0) is 30.7 Å². The minimum absolute atomic E-state index is 0.153. The van der Waals surface area contributed by atoms with Crippen molar-refractivity contribution in [1.82, 2.24) is 9.78 Å². The number of nitrogens with one attached hydrogen (secondary N) is 1. The fourth-order valence-electron chi connectivity index (χ4n) is 1.45. The highest BCUT2D eigenvalue weighted by Gasteiger charge is 2.06. The number of anilines is 1. The molecule has 88 valence electrons. The van der Waals surface area contributed by atoms with Crippen molar-refractivity contribution in [3.05, 3.63) is 47.2 Å². The molecule has 0 saturated carbocycles. The van der Waals surface area contributed by atoms with Crippen molar-refractivity contribution >= 4 is 23.2 Å². The molecule has 0 aliphatic heterocycles. The van der Waals surface area contributed by atoms with Crippen LogP contribution in [0.5, 0.6) is 0 Å². The minimum Gasteiger partial charge on any atom is -0.323 e. The molecule has 1 aromatic heterocycles. The van der Waals surface area contributed by atoms with E-state index >= 15 is 0 Å². The number of hydrogen-bond donors (Lipinski definition) is 1. The highest BCUT2D eigenvalue weighted by Crippen LogP contribution is 2.22. The first-order chi connectivity index (χ1) is 8.15. The van der Waals surface area contributed by atoms with Crippen LogP contribution in [0, 0.1) is 6.92 Å². The molecule has 0 saturated heterocycles. The number of nitrogens with zero attached hydrogens (tertiary/aromatic N) is 2. The summed E-state index contributed by atoms with van der Waals surface area (Å²) in [4.78, 5) is 11.7. The number of aromatic nitrogens is 2. The van der Waals surface area contributed by atoms with Crippen LogP contribution in [0.15, 0.2) is 36.7 Å². The molecule has 0 unspecified atom stereocenters. The monoisotopic (exact) mass is 249 g/mol.